The van der Waals surface area contributed by atoms with E-state index in [0.717, 1.165) is 6.07 Å². The van der Waals surface area contributed by atoms with Gasteiger partial charge in [-0.15, -0.1) is 0 Å². The lowest BCUT2D eigenvalue weighted by atomic mass is 10.3. The number of amides is 3. The van der Waals surface area contributed by atoms with E-state index in [-0.39, 0.29) is 23.2 Å². The van der Waals surface area contributed by atoms with Gasteiger partial charge in [0.15, 0.2) is 0 Å². The van der Waals surface area contributed by atoms with Crippen LogP contribution in [0.4, 0.5) is 20.6 Å². The highest BCUT2D eigenvalue weighted by Crippen LogP contribution is 2.19. The van der Waals surface area contributed by atoms with E-state index in [2.05, 4.69) is 15.7 Å². The topological polar surface area (TPSA) is 79.3 Å². The van der Waals surface area contributed by atoms with Crippen LogP contribution in [0.25, 0.3) is 0 Å². The molecule has 0 spiro atoms. The Bertz CT molecular complexity index is 732. The van der Waals surface area contributed by atoms with Crippen LogP contribution in [0.5, 0.6) is 0 Å². The molecule has 1 aromatic carbocycles. The summed E-state index contributed by atoms with van der Waals surface area (Å²) in [5, 5.41) is 9.05. The third-order valence-corrected chi connectivity index (χ3v) is 3.10. The number of carbonyl (C=O) groups excluding carboxylic acids is 2. The second-order valence-corrected chi connectivity index (χ2v) is 5.35. The summed E-state index contributed by atoms with van der Waals surface area (Å²) in [4.78, 5) is 24.8. The Labute approximate surface area is 137 Å². The predicted molar refractivity (Wildman–Crippen MR) is 85.0 cm³/mol. The Morgan fingerprint density at radius 3 is 2.74 bits per heavy atom. The number of halogens is 2. The average Bonchev–Trinajstić information content (AvgIpc) is 2.89. The van der Waals surface area contributed by atoms with Gasteiger partial charge in [-0.05, 0) is 18.2 Å². The highest BCUT2D eigenvalue weighted by Gasteiger charge is 2.10. The van der Waals surface area contributed by atoms with Gasteiger partial charge in [0.05, 0.1) is 17.6 Å². The molecule has 2 N–H and O–H groups in total. The standard InChI is InChI=1S/C14H15ClFN5O2/c1-20(2)13(22)8-21-7-10(6-17-21)18-14(23)19-12-4-3-9(15)5-11(12)16/h3-7H,8H2,1-2H3,(H2,18,19,23). The van der Waals surface area contributed by atoms with E-state index in [9.17, 15) is 14.0 Å². The molecule has 0 saturated heterocycles. The molecule has 7 nitrogen and oxygen atoms in total. The van der Waals surface area contributed by atoms with Crippen LogP contribution in [-0.4, -0.2) is 40.7 Å². The first-order chi connectivity index (χ1) is 10.8. The van der Waals surface area contributed by atoms with Crippen molar-refractivity contribution in [2.45, 2.75) is 6.54 Å². The first-order valence-electron chi connectivity index (χ1n) is 6.61. The molecule has 0 bridgehead atoms. The van der Waals surface area contributed by atoms with E-state index in [1.54, 1.807) is 14.1 Å². The van der Waals surface area contributed by atoms with Gasteiger partial charge in [0.1, 0.15) is 12.4 Å². The highest BCUT2D eigenvalue weighted by atomic mass is 35.5. The molecule has 0 saturated carbocycles. The van der Waals surface area contributed by atoms with Gasteiger partial charge in [0.2, 0.25) is 5.91 Å². The van der Waals surface area contributed by atoms with Crippen molar-refractivity contribution >= 4 is 34.9 Å². The maximum Gasteiger partial charge on any atom is 0.323 e. The van der Waals surface area contributed by atoms with Crippen LogP contribution >= 0.6 is 11.6 Å². The monoisotopic (exact) mass is 339 g/mol. The van der Waals surface area contributed by atoms with E-state index in [0.29, 0.717) is 5.69 Å². The Morgan fingerprint density at radius 1 is 1.35 bits per heavy atom. The van der Waals surface area contributed by atoms with Gasteiger partial charge in [-0.3, -0.25) is 9.48 Å². The third kappa shape index (κ3) is 4.68. The maximum absolute atomic E-state index is 13.6. The number of urea groups is 1. The molecule has 0 aliphatic heterocycles. The van der Waals surface area contributed by atoms with E-state index in [1.165, 1.54) is 34.1 Å². The summed E-state index contributed by atoms with van der Waals surface area (Å²) in [6.45, 7) is 0.0577. The van der Waals surface area contributed by atoms with E-state index >= 15 is 0 Å². The summed E-state index contributed by atoms with van der Waals surface area (Å²) in [6, 6.07) is 3.29. The van der Waals surface area contributed by atoms with Crippen LogP contribution in [0.1, 0.15) is 0 Å². The molecule has 0 radical (unpaired) electrons. The Hall–Kier alpha value is -2.61. The van der Waals surface area contributed by atoms with Gasteiger partial charge < -0.3 is 15.5 Å². The molecule has 2 rings (SSSR count). The van der Waals surface area contributed by atoms with Crippen LogP contribution in [0.15, 0.2) is 30.6 Å². The number of aromatic nitrogens is 2. The number of likely N-dealkylation sites (N-methyl/N-ethyl adjacent to an activating group) is 1. The first kappa shape index (κ1) is 16.8. The molecule has 3 amide bonds. The summed E-state index contributed by atoms with van der Waals surface area (Å²) < 4.78 is 15.0. The second-order valence-electron chi connectivity index (χ2n) is 4.92. The fourth-order valence-electron chi connectivity index (χ4n) is 1.67. The van der Waals surface area contributed by atoms with E-state index in [4.69, 9.17) is 11.6 Å². The smallest absolute Gasteiger partial charge is 0.323 e. The summed E-state index contributed by atoms with van der Waals surface area (Å²) in [5.41, 5.74) is 0.380. The molecule has 0 unspecified atom stereocenters. The fourth-order valence-corrected chi connectivity index (χ4v) is 1.83. The molecule has 1 heterocycles. The average molecular weight is 340 g/mol. The van der Waals surface area contributed by atoms with Crippen LogP contribution in [-0.2, 0) is 11.3 Å². The molecular weight excluding hydrogens is 325 g/mol. The zero-order chi connectivity index (χ0) is 17.0. The summed E-state index contributed by atoms with van der Waals surface area (Å²) in [5.74, 6) is -0.771. The van der Waals surface area contributed by atoms with Gasteiger partial charge >= 0.3 is 6.03 Å². The van der Waals surface area contributed by atoms with Crippen molar-refractivity contribution < 1.29 is 14.0 Å². The molecule has 23 heavy (non-hydrogen) atoms. The number of nitrogens with zero attached hydrogens (tertiary/aromatic N) is 3. The minimum absolute atomic E-state index is 0.00192. The van der Waals surface area contributed by atoms with Crippen molar-refractivity contribution in [3.05, 3.63) is 41.4 Å². The van der Waals surface area contributed by atoms with Crippen LogP contribution in [0, 0.1) is 5.82 Å². The third-order valence-electron chi connectivity index (χ3n) is 2.87. The minimum atomic E-state index is -0.639. The molecule has 122 valence electrons. The van der Waals surface area contributed by atoms with Crippen LogP contribution in [0.3, 0.4) is 0 Å². The summed E-state index contributed by atoms with van der Waals surface area (Å²) >= 11 is 5.64. The van der Waals surface area contributed by atoms with Gasteiger partial charge in [-0.25, -0.2) is 9.18 Å². The van der Waals surface area contributed by atoms with Crippen molar-refractivity contribution in [1.29, 1.82) is 0 Å². The van der Waals surface area contributed by atoms with Crippen LogP contribution < -0.4 is 10.6 Å². The minimum Gasteiger partial charge on any atom is -0.347 e. The Balaban J connectivity index is 1.95. The lowest BCUT2D eigenvalue weighted by molar-refractivity contribution is -0.129. The van der Waals surface area contributed by atoms with Crippen molar-refractivity contribution in [3.63, 3.8) is 0 Å². The quantitative estimate of drug-likeness (QED) is 0.897. The number of benzene rings is 1. The SMILES string of the molecule is CN(C)C(=O)Cn1cc(NC(=O)Nc2ccc(Cl)cc2F)cn1. The number of hydrogen-bond donors (Lipinski definition) is 2. The lowest BCUT2D eigenvalue weighted by Gasteiger charge is -2.09. The molecule has 9 heteroatoms. The van der Waals surface area contributed by atoms with Gasteiger partial charge in [-0.2, -0.15) is 5.10 Å². The largest absolute Gasteiger partial charge is 0.347 e. The highest BCUT2D eigenvalue weighted by molar-refractivity contribution is 6.30. The first-order valence-corrected chi connectivity index (χ1v) is 6.98. The van der Waals surface area contributed by atoms with Crippen molar-refractivity contribution in [2.75, 3.05) is 24.7 Å². The normalized spacial score (nSPS) is 10.3. The molecular formula is C14H15ClFN5O2. The Kier molecular flexibility index (Phi) is 5.17. The zero-order valence-corrected chi connectivity index (χ0v) is 13.3. The summed E-state index contributed by atoms with van der Waals surface area (Å²) in [6.07, 6.45) is 2.89. The molecule has 0 aliphatic rings. The van der Waals surface area contributed by atoms with Gasteiger partial charge in [0, 0.05) is 25.3 Å². The van der Waals surface area contributed by atoms with Crippen molar-refractivity contribution in [3.8, 4) is 0 Å². The van der Waals surface area contributed by atoms with Gasteiger partial charge in [-0.1, -0.05) is 11.6 Å². The molecule has 0 atom stereocenters. The molecule has 0 aliphatic carbocycles. The zero-order valence-electron chi connectivity index (χ0n) is 12.5. The number of anilines is 2. The number of hydrogen-bond acceptors (Lipinski definition) is 3. The maximum atomic E-state index is 13.6. The lowest BCUT2D eigenvalue weighted by Crippen LogP contribution is -2.26. The molecule has 0 fully saturated rings. The molecule has 2 aromatic rings. The van der Waals surface area contributed by atoms with Gasteiger partial charge in [0.25, 0.3) is 0 Å². The number of rotatable bonds is 4. The second kappa shape index (κ2) is 7.10. The predicted octanol–water partition coefficient (Wildman–Crippen LogP) is 2.41. The number of nitrogens with one attached hydrogen (secondary N) is 2. The Morgan fingerprint density at radius 2 is 2.09 bits per heavy atom. The van der Waals surface area contributed by atoms with E-state index < -0.39 is 11.8 Å². The van der Waals surface area contributed by atoms with E-state index in [1.807, 2.05) is 0 Å². The molecule has 1 aromatic heterocycles. The van der Waals surface area contributed by atoms with Crippen molar-refractivity contribution in [1.82, 2.24) is 14.7 Å². The van der Waals surface area contributed by atoms with Crippen LogP contribution in [0.2, 0.25) is 5.02 Å². The number of carbonyl (C=O) groups is 2. The van der Waals surface area contributed by atoms with Crippen molar-refractivity contribution in [2.24, 2.45) is 0 Å². The summed E-state index contributed by atoms with van der Waals surface area (Å²) in [7, 11) is 3.28. The fraction of sp³-hybridized carbons (Fsp3) is 0.214.